The molecule has 1 amide bonds. The summed E-state index contributed by atoms with van der Waals surface area (Å²) in [7, 11) is 0. The molecule has 0 heterocycles. The molecule has 1 fully saturated rings. The Bertz CT molecular complexity index is 733. The maximum absolute atomic E-state index is 12.2. The number of carbonyl (C=O) groups is 1. The average molecular weight is 364 g/mol. The van der Waals surface area contributed by atoms with E-state index in [0.717, 1.165) is 18.1 Å². The van der Waals surface area contributed by atoms with Crippen molar-refractivity contribution in [2.75, 3.05) is 5.32 Å². The third-order valence-electron chi connectivity index (χ3n) is 5.09. The topological polar surface area (TPSA) is 38.3 Å². The Morgan fingerprint density at radius 2 is 1.74 bits per heavy atom. The molecule has 0 radical (unpaired) electrons. The van der Waals surface area contributed by atoms with Gasteiger partial charge in [-0.1, -0.05) is 74.9 Å². The zero-order valence-corrected chi connectivity index (χ0v) is 15.9. The number of unbranched alkanes of at least 4 members (excludes halogenated alkanes) is 1. The first-order valence-electron chi connectivity index (χ1n) is 10.1. The van der Waals surface area contributed by atoms with Crippen molar-refractivity contribution in [3.63, 3.8) is 0 Å². The highest BCUT2D eigenvalue weighted by atomic mass is 16.5. The molecule has 0 bridgehead atoms. The van der Waals surface area contributed by atoms with Crippen LogP contribution < -0.4 is 10.1 Å². The second-order valence-electron chi connectivity index (χ2n) is 7.24. The first kappa shape index (κ1) is 19.2. The van der Waals surface area contributed by atoms with Crippen LogP contribution in [0.4, 0.5) is 5.69 Å². The first-order valence-corrected chi connectivity index (χ1v) is 10.1. The van der Waals surface area contributed by atoms with Crippen LogP contribution in [-0.2, 0) is 4.79 Å². The molecule has 0 unspecified atom stereocenters. The van der Waals surface area contributed by atoms with Crippen LogP contribution >= 0.6 is 0 Å². The van der Waals surface area contributed by atoms with E-state index in [1.807, 2.05) is 60.7 Å². The Balaban J connectivity index is 1.46. The Morgan fingerprint density at radius 3 is 2.56 bits per heavy atom. The number of hydrogen-bond acceptors (Lipinski definition) is 2. The van der Waals surface area contributed by atoms with Gasteiger partial charge < -0.3 is 10.1 Å². The second-order valence-corrected chi connectivity index (χ2v) is 7.24. The highest BCUT2D eigenvalue weighted by Gasteiger charge is 2.12. The summed E-state index contributed by atoms with van der Waals surface area (Å²) in [5.41, 5.74) is 0.679. The average Bonchev–Trinajstić information content (AvgIpc) is 2.71. The molecule has 3 rings (SSSR count). The molecular weight excluding hydrogens is 334 g/mol. The van der Waals surface area contributed by atoms with Gasteiger partial charge in [0.25, 0.3) is 0 Å². The molecule has 2 aromatic rings. The fraction of sp³-hybridized carbons (Fsp3) is 0.375. The van der Waals surface area contributed by atoms with Gasteiger partial charge in [-0.25, -0.2) is 0 Å². The van der Waals surface area contributed by atoms with Crippen molar-refractivity contribution in [2.45, 2.75) is 51.4 Å². The van der Waals surface area contributed by atoms with Crippen LogP contribution in [0, 0.1) is 5.92 Å². The quantitative estimate of drug-likeness (QED) is 0.417. The lowest BCUT2D eigenvalue weighted by atomic mass is 9.86. The molecule has 0 saturated heterocycles. The van der Waals surface area contributed by atoms with E-state index in [-0.39, 0.29) is 5.91 Å². The van der Waals surface area contributed by atoms with Crippen molar-refractivity contribution in [3.05, 3.63) is 66.7 Å². The molecule has 0 aromatic heterocycles. The van der Waals surface area contributed by atoms with Crippen LogP contribution in [0.2, 0.25) is 0 Å². The number of nitrogens with one attached hydrogen (secondary N) is 1. The lowest BCUT2D eigenvalue weighted by Crippen LogP contribution is -2.09. The zero-order chi connectivity index (χ0) is 18.7. The smallest absolute Gasteiger partial charge is 0.248 e. The van der Waals surface area contributed by atoms with Crippen LogP contribution in [0.25, 0.3) is 0 Å². The number of hydrogen-bond donors (Lipinski definition) is 1. The van der Waals surface area contributed by atoms with E-state index in [4.69, 9.17) is 4.74 Å². The number of carbonyl (C=O) groups excluding carboxylic acids is 1. The van der Waals surface area contributed by atoms with Crippen molar-refractivity contribution in [1.29, 1.82) is 0 Å². The lowest BCUT2D eigenvalue weighted by molar-refractivity contribution is -0.111. The zero-order valence-electron chi connectivity index (χ0n) is 15.9. The second kappa shape index (κ2) is 10.6. The van der Waals surface area contributed by atoms with Crippen LogP contribution in [0.15, 0.2) is 66.7 Å². The number of anilines is 1. The standard InChI is InChI=1S/C24H29NO2/c26-24(19-9-2-6-14-20-12-4-1-5-13-20)25-22-17-10-11-18-23(22)27-21-15-7-3-8-16-21/h3,7-11,15-20H,1-2,4-6,12-14H2,(H,25,26)/b19-9+. The number of allylic oxidation sites excluding steroid dienone is 1. The van der Waals surface area contributed by atoms with Crippen LogP contribution in [-0.4, -0.2) is 5.91 Å². The maximum Gasteiger partial charge on any atom is 0.248 e. The number of benzene rings is 2. The van der Waals surface area contributed by atoms with Crippen molar-refractivity contribution in [1.82, 2.24) is 0 Å². The molecule has 1 aliphatic rings. The van der Waals surface area contributed by atoms with E-state index in [0.29, 0.717) is 11.4 Å². The van der Waals surface area contributed by atoms with Gasteiger partial charge in [-0.3, -0.25) is 4.79 Å². The SMILES string of the molecule is O=C(/C=C/CCCC1CCCCC1)Nc1ccccc1Oc1ccccc1. The van der Waals surface area contributed by atoms with Crippen molar-refractivity contribution in [3.8, 4) is 11.5 Å². The molecule has 0 aliphatic heterocycles. The minimum atomic E-state index is -0.114. The third kappa shape index (κ3) is 6.59. The van der Waals surface area contributed by atoms with Gasteiger partial charge in [-0.15, -0.1) is 0 Å². The van der Waals surface area contributed by atoms with Gasteiger partial charge in [-0.05, 0) is 49.1 Å². The molecule has 0 spiro atoms. The highest BCUT2D eigenvalue weighted by molar-refractivity contribution is 6.00. The van der Waals surface area contributed by atoms with E-state index in [1.54, 1.807) is 6.08 Å². The van der Waals surface area contributed by atoms with Gasteiger partial charge >= 0.3 is 0 Å². The molecule has 0 atom stereocenters. The molecular formula is C24H29NO2. The van der Waals surface area contributed by atoms with Crippen molar-refractivity contribution < 1.29 is 9.53 Å². The highest BCUT2D eigenvalue weighted by Crippen LogP contribution is 2.29. The van der Waals surface area contributed by atoms with E-state index in [2.05, 4.69) is 5.32 Å². The summed E-state index contributed by atoms with van der Waals surface area (Å²) in [6.07, 6.45) is 14.0. The summed E-state index contributed by atoms with van der Waals surface area (Å²) >= 11 is 0. The number of rotatable bonds is 8. The van der Waals surface area contributed by atoms with Gasteiger partial charge in [0.1, 0.15) is 5.75 Å². The van der Waals surface area contributed by atoms with Crippen LogP contribution in [0.5, 0.6) is 11.5 Å². The number of ether oxygens (including phenoxy) is 1. The third-order valence-corrected chi connectivity index (χ3v) is 5.09. The summed E-state index contributed by atoms with van der Waals surface area (Å²) in [6, 6.07) is 17.1. The van der Waals surface area contributed by atoms with E-state index >= 15 is 0 Å². The van der Waals surface area contributed by atoms with Crippen LogP contribution in [0.1, 0.15) is 51.4 Å². The Kier molecular flexibility index (Phi) is 7.52. The molecule has 27 heavy (non-hydrogen) atoms. The number of amides is 1. The summed E-state index contributed by atoms with van der Waals surface area (Å²) in [6.45, 7) is 0. The fourth-order valence-electron chi connectivity index (χ4n) is 3.64. The van der Waals surface area contributed by atoms with Crippen LogP contribution in [0.3, 0.4) is 0 Å². The summed E-state index contributed by atoms with van der Waals surface area (Å²) in [5.74, 6) is 2.18. The van der Waals surface area contributed by atoms with E-state index in [1.165, 1.54) is 44.9 Å². The predicted molar refractivity (Wildman–Crippen MR) is 111 cm³/mol. The van der Waals surface area contributed by atoms with E-state index < -0.39 is 0 Å². The molecule has 142 valence electrons. The minimum Gasteiger partial charge on any atom is -0.455 e. The molecule has 1 aliphatic carbocycles. The minimum absolute atomic E-state index is 0.114. The van der Waals surface area contributed by atoms with Gasteiger partial charge in [-0.2, -0.15) is 0 Å². The lowest BCUT2D eigenvalue weighted by Gasteiger charge is -2.20. The molecule has 2 aromatic carbocycles. The van der Waals surface area contributed by atoms with Crippen molar-refractivity contribution in [2.24, 2.45) is 5.92 Å². The predicted octanol–water partition coefficient (Wildman–Crippen LogP) is 6.72. The maximum atomic E-state index is 12.2. The molecule has 3 heteroatoms. The van der Waals surface area contributed by atoms with Gasteiger partial charge in [0.2, 0.25) is 5.91 Å². The largest absolute Gasteiger partial charge is 0.455 e. The summed E-state index contributed by atoms with van der Waals surface area (Å²) in [4.78, 5) is 12.2. The van der Waals surface area contributed by atoms with Gasteiger partial charge in [0, 0.05) is 0 Å². The first-order chi connectivity index (χ1) is 13.3. The Labute approximate surface area is 162 Å². The Morgan fingerprint density at radius 1 is 1.00 bits per heavy atom. The molecule has 1 N–H and O–H groups in total. The Hall–Kier alpha value is -2.55. The fourth-order valence-corrected chi connectivity index (χ4v) is 3.64. The van der Waals surface area contributed by atoms with Crippen molar-refractivity contribution >= 4 is 11.6 Å². The van der Waals surface area contributed by atoms with Gasteiger partial charge in [0.05, 0.1) is 5.69 Å². The monoisotopic (exact) mass is 363 g/mol. The number of para-hydroxylation sites is 3. The normalized spacial score (nSPS) is 15.0. The van der Waals surface area contributed by atoms with E-state index in [9.17, 15) is 4.79 Å². The molecule has 3 nitrogen and oxygen atoms in total. The molecule has 1 saturated carbocycles. The summed E-state index contributed by atoms with van der Waals surface area (Å²) in [5, 5.41) is 2.92. The summed E-state index contributed by atoms with van der Waals surface area (Å²) < 4.78 is 5.88. The van der Waals surface area contributed by atoms with Gasteiger partial charge in [0.15, 0.2) is 5.75 Å².